The number of carbonyl (C=O) groups excluding carboxylic acids is 2. The van der Waals surface area contributed by atoms with Crippen LogP contribution in [0.1, 0.15) is 49.4 Å². The average molecular weight is 535 g/mol. The van der Waals surface area contributed by atoms with Crippen molar-refractivity contribution in [3.63, 3.8) is 0 Å². The number of pyridine rings is 1. The van der Waals surface area contributed by atoms with Crippen LogP contribution in [-0.4, -0.2) is 43.2 Å². The van der Waals surface area contributed by atoms with Crippen molar-refractivity contribution in [3.05, 3.63) is 77.3 Å². The fourth-order valence-corrected chi connectivity index (χ4v) is 8.61. The van der Waals surface area contributed by atoms with Gasteiger partial charge in [0, 0.05) is 76.6 Å². The zero-order chi connectivity index (χ0) is 27.3. The number of rotatable bonds is 6. The van der Waals surface area contributed by atoms with E-state index in [-0.39, 0.29) is 34.7 Å². The van der Waals surface area contributed by atoms with E-state index in [0.29, 0.717) is 22.9 Å². The number of fused-ring (bicyclic) bond motifs is 1. The van der Waals surface area contributed by atoms with Gasteiger partial charge in [0.1, 0.15) is 17.7 Å². The Labute approximate surface area is 229 Å². The molecule has 2 aromatic heterocycles. The molecule has 9 rings (SSSR count). The van der Waals surface area contributed by atoms with Crippen molar-refractivity contribution in [2.45, 2.75) is 50.7 Å². The van der Waals surface area contributed by atoms with Crippen molar-refractivity contribution in [2.24, 2.45) is 16.7 Å². The van der Waals surface area contributed by atoms with Gasteiger partial charge in [-0.25, -0.2) is 9.97 Å². The van der Waals surface area contributed by atoms with Gasteiger partial charge in [-0.1, -0.05) is 6.07 Å². The van der Waals surface area contributed by atoms with Crippen LogP contribution in [0.3, 0.4) is 0 Å². The van der Waals surface area contributed by atoms with Gasteiger partial charge >= 0.3 is 5.97 Å². The molecule has 0 saturated heterocycles. The van der Waals surface area contributed by atoms with Crippen LogP contribution >= 0.6 is 0 Å². The summed E-state index contributed by atoms with van der Waals surface area (Å²) in [5, 5.41) is 2.80. The Morgan fingerprint density at radius 3 is 2.65 bits per heavy atom. The lowest BCUT2D eigenvalue weighted by atomic mass is 9.67. The molecule has 5 fully saturated rings. The van der Waals surface area contributed by atoms with Crippen molar-refractivity contribution >= 4 is 34.4 Å². The van der Waals surface area contributed by atoms with E-state index in [1.807, 2.05) is 36.4 Å². The number of nitrogens with zero attached hydrogens (tertiary/aromatic N) is 3. The molecule has 5 aliphatic carbocycles. The lowest BCUT2D eigenvalue weighted by Crippen LogP contribution is -2.50. The Kier molecular flexibility index (Phi) is 4.60. The van der Waals surface area contributed by atoms with Gasteiger partial charge in [-0.2, -0.15) is 0 Å². The first kappa shape index (κ1) is 23.5. The number of anilines is 1. The Balaban J connectivity index is 1.01. The molecule has 0 radical (unpaired) electrons. The largest absolute Gasteiger partial charge is 0.462 e. The normalized spacial score (nSPS) is 30.7. The summed E-state index contributed by atoms with van der Waals surface area (Å²) in [6.45, 7) is 1.49. The average Bonchev–Trinajstić information content (AvgIpc) is 3.19. The number of imidazole rings is 1. The second-order valence-corrected chi connectivity index (χ2v) is 12.2. The van der Waals surface area contributed by atoms with Crippen molar-refractivity contribution in [1.29, 1.82) is 0 Å². The third kappa shape index (κ3) is 3.20. The minimum absolute atomic E-state index is 0.00578. The number of amides is 1. The molecule has 4 aromatic rings. The van der Waals surface area contributed by atoms with Crippen LogP contribution in [0.25, 0.3) is 22.4 Å². The van der Waals surface area contributed by atoms with Crippen molar-refractivity contribution in [1.82, 2.24) is 15.0 Å². The maximum atomic E-state index is 13.8. The summed E-state index contributed by atoms with van der Waals surface area (Å²) >= 11 is 0. The highest BCUT2D eigenvalue weighted by atomic mass is 16.5. The molecule has 9 nitrogen and oxygen atoms in total. The van der Waals surface area contributed by atoms with Gasteiger partial charge in [-0.15, -0.1) is 0 Å². The molecule has 1 amide bonds. The van der Waals surface area contributed by atoms with Crippen LogP contribution in [0.2, 0.25) is 0 Å². The smallest absolute Gasteiger partial charge is 0.302 e. The van der Waals surface area contributed by atoms with E-state index >= 15 is 0 Å². The van der Waals surface area contributed by atoms with E-state index in [4.69, 9.17) is 9.72 Å². The maximum absolute atomic E-state index is 13.8. The monoisotopic (exact) mass is 534 g/mol. The van der Waals surface area contributed by atoms with Crippen molar-refractivity contribution in [3.8, 4) is 11.4 Å². The lowest BCUT2D eigenvalue weighted by molar-refractivity contribution is -0.565. The van der Waals surface area contributed by atoms with E-state index in [9.17, 15) is 14.5 Å². The summed E-state index contributed by atoms with van der Waals surface area (Å²) < 4.78 is 7.03. The van der Waals surface area contributed by atoms with Crippen LogP contribution in [0.15, 0.2) is 66.9 Å². The number of aromatic amines is 1. The summed E-state index contributed by atoms with van der Waals surface area (Å²) in [6, 6.07) is 18.2. The van der Waals surface area contributed by atoms with E-state index in [1.54, 1.807) is 30.5 Å². The van der Waals surface area contributed by atoms with Gasteiger partial charge in [0.2, 0.25) is 5.54 Å². The third-order valence-electron chi connectivity index (χ3n) is 9.91. The molecule has 2 heterocycles. The van der Waals surface area contributed by atoms with Gasteiger partial charge < -0.3 is 15.0 Å². The zero-order valence-electron chi connectivity index (χ0n) is 22.0. The molecule has 5 saturated carbocycles. The first-order chi connectivity index (χ1) is 19.3. The van der Waals surface area contributed by atoms with E-state index in [1.165, 1.54) is 11.7 Å². The van der Waals surface area contributed by atoms with Gasteiger partial charge in [-0.3, -0.25) is 9.59 Å². The molecule has 2 spiro atoms. The van der Waals surface area contributed by atoms with Gasteiger partial charge in [0.15, 0.2) is 0 Å². The first-order valence-electron chi connectivity index (χ1n) is 13.8. The van der Waals surface area contributed by atoms with Crippen molar-refractivity contribution < 1.29 is 19.1 Å². The van der Waals surface area contributed by atoms with Crippen LogP contribution < -0.4 is 5.32 Å². The summed E-state index contributed by atoms with van der Waals surface area (Å²) in [5.41, 5.74) is 3.27. The fraction of sp³-hybridized carbons (Fsp3) is 0.355. The predicted octanol–water partition coefficient (Wildman–Crippen LogP) is 5.55. The van der Waals surface area contributed by atoms with Crippen LogP contribution in [-0.2, 0) is 9.53 Å². The number of aromatic nitrogens is 3. The highest BCUT2D eigenvalue weighted by Crippen LogP contribution is 2.89. The quantitative estimate of drug-likeness (QED) is 0.247. The minimum Gasteiger partial charge on any atom is -0.462 e. The Bertz CT molecular complexity index is 1730. The number of esters is 1. The summed E-state index contributed by atoms with van der Waals surface area (Å²) in [6.07, 6.45) is 6.24. The van der Waals surface area contributed by atoms with Crippen LogP contribution in [0.5, 0.6) is 0 Å². The number of hydrogen-bond acceptors (Lipinski definition) is 6. The van der Waals surface area contributed by atoms with Crippen LogP contribution in [0, 0.1) is 21.7 Å². The molecule has 2 N–H and O–H groups in total. The van der Waals surface area contributed by atoms with E-state index in [0.717, 1.165) is 48.7 Å². The standard InChI is InChI=1S/C31H27N5O4/c1-18(37)40-26-21-13-29-15-30(14-21,17-31(26,29)16-29)36(39)22-8-5-19(6-9-22)27-33-23-10-7-20(12-24(23)34-27)28(38)35-25-4-2-3-11-32-25/h2-12,21,26H,13-17H2,1H3,(H-,32,33,34,35,38,39)/p+1. The molecule has 200 valence electrons. The Hall–Kier alpha value is -4.40. The minimum atomic E-state index is -0.412. The highest BCUT2D eigenvalue weighted by molar-refractivity contribution is 6.05. The molecule has 0 aliphatic heterocycles. The van der Waals surface area contributed by atoms with Crippen molar-refractivity contribution in [2.75, 3.05) is 5.32 Å². The molecule has 5 atom stereocenters. The number of hydrogen-bond donors (Lipinski definition) is 2. The molecule has 4 bridgehead atoms. The fourth-order valence-electron chi connectivity index (χ4n) is 8.61. The summed E-state index contributed by atoms with van der Waals surface area (Å²) in [4.78, 5) is 50.4. The van der Waals surface area contributed by atoms with Gasteiger partial charge in [0.25, 0.3) is 11.6 Å². The second kappa shape index (κ2) is 7.84. The molecule has 9 heteroatoms. The second-order valence-electron chi connectivity index (χ2n) is 12.2. The molecule has 40 heavy (non-hydrogen) atoms. The number of nitroso groups, excluding NO2 is 1. The third-order valence-corrected chi connectivity index (χ3v) is 9.91. The maximum Gasteiger partial charge on any atom is 0.302 e. The topological polar surface area (TPSA) is 117 Å². The first-order valence-corrected chi connectivity index (χ1v) is 13.8. The Morgan fingerprint density at radius 2 is 1.90 bits per heavy atom. The summed E-state index contributed by atoms with van der Waals surface area (Å²) in [7, 11) is 0. The van der Waals surface area contributed by atoms with E-state index in [2.05, 4.69) is 15.3 Å². The number of carbonyl (C=O) groups is 2. The highest BCUT2D eigenvalue weighted by Gasteiger charge is 2.90. The number of H-pyrrole nitrogens is 1. The molecular weight excluding hydrogens is 506 g/mol. The summed E-state index contributed by atoms with van der Waals surface area (Å²) in [5.74, 6) is 0.978. The lowest BCUT2D eigenvalue weighted by Gasteiger charge is -2.40. The van der Waals surface area contributed by atoms with Gasteiger partial charge in [-0.05, 0) is 60.7 Å². The van der Waals surface area contributed by atoms with Gasteiger partial charge in [0.05, 0.1) is 11.0 Å². The molecule has 5 aliphatic rings. The number of ether oxygens (including phenoxy) is 1. The Morgan fingerprint density at radius 1 is 1.05 bits per heavy atom. The van der Waals surface area contributed by atoms with E-state index < -0.39 is 5.54 Å². The SMILES string of the molecule is CC(=O)OC1C2CC3([N+](=O)c4ccc(-c5nc6ccc(C(=O)Nc7ccccn7)cc6[nH]5)cc4)CC4(C2)CC14C3. The number of benzene rings is 2. The zero-order valence-corrected chi connectivity index (χ0v) is 22.0. The molecule has 2 aromatic carbocycles. The molecule has 5 unspecified atom stereocenters. The van der Waals surface area contributed by atoms with Crippen LogP contribution in [0.4, 0.5) is 11.5 Å². The predicted molar refractivity (Wildman–Crippen MR) is 147 cm³/mol. The number of nitrogens with one attached hydrogen (secondary N) is 2. The molecular formula is C31H28N5O4+.